The van der Waals surface area contributed by atoms with Crippen LogP contribution in [0.3, 0.4) is 0 Å². The number of sulfonamides is 1. The van der Waals surface area contributed by atoms with Crippen LogP contribution >= 0.6 is 0 Å². The molecule has 184 valence electrons. The molecule has 0 bridgehead atoms. The Kier molecular flexibility index (Phi) is 6.72. The SMILES string of the molecule is Cc1ccc(C(=O)N2CCN(CC(=O)c3cc(C)n(C4CC4)c3C)CC2)cc1S(=O)(=O)N(C)C. The molecule has 1 amide bonds. The minimum Gasteiger partial charge on any atom is -0.345 e. The Balaban J connectivity index is 1.39. The molecule has 2 aromatic rings. The summed E-state index contributed by atoms with van der Waals surface area (Å²) in [5.41, 5.74) is 3.98. The van der Waals surface area contributed by atoms with Gasteiger partial charge in [-0.05, 0) is 57.4 Å². The Bertz CT molecular complexity index is 1220. The second kappa shape index (κ2) is 9.28. The second-order valence-electron chi connectivity index (χ2n) is 9.65. The van der Waals surface area contributed by atoms with E-state index in [0.29, 0.717) is 49.9 Å². The van der Waals surface area contributed by atoms with E-state index in [4.69, 9.17) is 0 Å². The van der Waals surface area contributed by atoms with Crippen molar-refractivity contribution < 1.29 is 18.0 Å². The van der Waals surface area contributed by atoms with Crippen LogP contribution in [0.25, 0.3) is 0 Å². The first-order chi connectivity index (χ1) is 16.0. The summed E-state index contributed by atoms with van der Waals surface area (Å²) in [4.78, 5) is 30.1. The van der Waals surface area contributed by atoms with Crippen LogP contribution in [0, 0.1) is 20.8 Å². The van der Waals surface area contributed by atoms with Gasteiger partial charge < -0.3 is 9.47 Å². The number of aryl methyl sites for hydroxylation is 2. The van der Waals surface area contributed by atoms with Gasteiger partial charge in [0.05, 0.1) is 11.4 Å². The molecule has 2 heterocycles. The lowest BCUT2D eigenvalue weighted by Gasteiger charge is -2.34. The largest absolute Gasteiger partial charge is 0.345 e. The number of aromatic nitrogens is 1. The molecule has 1 saturated carbocycles. The molecule has 4 rings (SSSR count). The molecule has 0 N–H and O–H groups in total. The fraction of sp³-hybridized carbons (Fsp3) is 0.520. The number of hydrogen-bond donors (Lipinski definition) is 0. The number of benzene rings is 1. The van der Waals surface area contributed by atoms with Crippen molar-refractivity contribution in [3.63, 3.8) is 0 Å². The second-order valence-corrected chi connectivity index (χ2v) is 11.8. The van der Waals surface area contributed by atoms with Crippen molar-refractivity contribution in [1.29, 1.82) is 0 Å². The van der Waals surface area contributed by atoms with Crippen LogP contribution < -0.4 is 0 Å². The molecule has 9 heteroatoms. The van der Waals surface area contributed by atoms with Gasteiger partial charge in [0, 0.05) is 68.8 Å². The first-order valence-electron chi connectivity index (χ1n) is 11.8. The average Bonchev–Trinajstić information content (AvgIpc) is 3.57. The van der Waals surface area contributed by atoms with Gasteiger partial charge in [-0.25, -0.2) is 12.7 Å². The highest BCUT2D eigenvalue weighted by molar-refractivity contribution is 7.89. The third kappa shape index (κ3) is 4.69. The molecule has 1 aliphatic heterocycles. The van der Waals surface area contributed by atoms with Gasteiger partial charge in [0.25, 0.3) is 5.91 Å². The number of nitrogens with zero attached hydrogens (tertiary/aromatic N) is 4. The number of carbonyl (C=O) groups excluding carboxylic acids is 2. The lowest BCUT2D eigenvalue weighted by molar-refractivity contribution is 0.0624. The summed E-state index contributed by atoms with van der Waals surface area (Å²) in [6.07, 6.45) is 2.37. The van der Waals surface area contributed by atoms with Gasteiger partial charge in [-0.2, -0.15) is 0 Å². The maximum atomic E-state index is 13.1. The zero-order valence-corrected chi connectivity index (χ0v) is 21.5. The number of ketones is 1. The molecule has 0 atom stereocenters. The smallest absolute Gasteiger partial charge is 0.253 e. The first-order valence-corrected chi connectivity index (χ1v) is 13.2. The Hall–Kier alpha value is -2.49. The van der Waals surface area contributed by atoms with Gasteiger partial charge in [-0.1, -0.05) is 6.07 Å². The molecular formula is C25H34N4O4S. The molecule has 0 unspecified atom stereocenters. The van der Waals surface area contributed by atoms with Crippen molar-refractivity contribution >= 4 is 21.7 Å². The van der Waals surface area contributed by atoms with Crippen LogP contribution in [-0.2, 0) is 10.0 Å². The lowest BCUT2D eigenvalue weighted by atomic mass is 10.1. The maximum absolute atomic E-state index is 13.1. The zero-order chi connectivity index (χ0) is 24.8. The number of hydrogen-bond acceptors (Lipinski definition) is 5. The van der Waals surface area contributed by atoms with E-state index in [1.807, 2.05) is 13.0 Å². The lowest BCUT2D eigenvalue weighted by Crippen LogP contribution is -2.50. The van der Waals surface area contributed by atoms with E-state index in [1.54, 1.807) is 24.0 Å². The van der Waals surface area contributed by atoms with E-state index >= 15 is 0 Å². The van der Waals surface area contributed by atoms with E-state index in [1.165, 1.54) is 33.0 Å². The van der Waals surface area contributed by atoms with Crippen molar-refractivity contribution in [2.24, 2.45) is 0 Å². The minimum atomic E-state index is -3.63. The molecule has 1 aromatic heterocycles. The Morgan fingerprint density at radius 1 is 1.00 bits per heavy atom. The fourth-order valence-electron chi connectivity index (χ4n) is 4.74. The van der Waals surface area contributed by atoms with Crippen LogP contribution in [0.2, 0.25) is 0 Å². The molecule has 0 radical (unpaired) electrons. The van der Waals surface area contributed by atoms with Crippen molar-refractivity contribution in [1.82, 2.24) is 18.7 Å². The minimum absolute atomic E-state index is 0.122. The van der Waals surface area contributed by atoms with Gasteiger partial charge in [0.2, 0.25) is 10.0 Å². The van der Waals surface area contributed by atoms with E-state index in [9.17, 15) is 18.0 Å². The third-order valence-corrected chi connectivity index (χ3v) is 8.87. The highest BCUT2D eigenvalue weighted by Crippen LogP contribution is 2.38. The van der Waals surface area contributed by atoms with Crippen molar-refractivity contribution in [2.45, 2.75) is 44.6 Å². The third-order valence-electron chi connectivity index (χ3n) is 6.92. The quantitative estimate of drug-likeness (QED) is 0.562. The van der Waals surface area contributed by atoms with Crippen molar-refractivity contribution in [3.05, 3.63) is 52.3 Å². The van der Waals surface area contributed by atoms with Gasteiger partial charge in [-0.15, -0.1) is 0 Å². The summed E-state index contributed by atoms with van der Waals surface area (Å²) < 4.78 is 28.7. The predicted molar refractivity (Wildman–Crippen MR) is 131 cm³/mol. The summed E-state index contributed by atoms with van der Waals surface area (Å²) in [7, 11) is -0.675. The molecule has 1 saturated heterocycles. The molecule has 1 aliphatic carbocycles. The molecule has 34 heavy (non-hydrogen) atoms. The van der Waals surface area contributed by atoms with Crippen molar-refractivity contribution in [3.8, 4) is 0 Å². The molecule has 2 fully saturated rings. The molecule has 0 spiro atoms. The van der Waals surface area contributed by atoms with Crippen LogP contribution in [0.1, 0.15) is 56.6 Å². The van der Waals surface area contributed by atoms with E-state index in [0.717, 1.165) is 21.3 Å². The standard InChI is InChI=1S/C25H34N4O4S/c1-17-6-7-20(15-24(17)34(32,33)26(4)5)25(31)28-12-10-27(11-13-28)16-23(30)22-14-18(2)29(19(22)3)21-8-9-21/h6-7,14-15,21H,8-13,16H2,1-5H3. The monoisotopic (exact) mass is 486 g/mol. The Morgan fingerprint density at radius 3 is 2.24 bits per heavy atom. The zero-order valence-electron chi connectivity index (χ0n) is 20.7. The fourth-order valence-corrected chi connectivity index (χ4v) is 5.89. The highest BCUT2D eigenvalue weighted by atomic mass is 32.2. The van der Waals surface area contributed by atoms with Crippen LogP contribution in [0.5, 0.6) is 0 Å². The summed E-state index contributed by atoms with van der Waals surface area (Å²) in [6.45, 7) is 8.36. The van der Waals surface area contributed by atoms with Crippen molar-refractivity contribution in [2.75, 3.05) is 46.8 Å². The summed E-state index contributed by atoms with van der Waals surface area (Å²) in [5, 5.41) is 0. The highest BCUT2D eigenvalue weighted by Gasteiger charge is 2.30. The summed E-state index contributed by atoms with van der Waals surface area (Å²) >= 11 is 0. The number of rotatable bonds is 7. The van der Waals surface area contributed by atoms with E-state index < -0.39 is 10.0 Å². The number of Topliss-reactive ketones (excluding diaryl/α,β-unsaturated/α-hetero) is 1. The predicted octanol–water partition coefficient (Wildman–Crippen LogP) is 2.64. The summed E-state index contributed by atoms with van der Waals surface area (Å²) in [5.74, 6) is -0.0639. The van der Waals surface area contributed by atoms with E-state index in [2.05, 4.69) is 16.4 Å². The molecule has 1 aromatic carbocycles. The number of amides is 1. The van der Waals surface area contributed by atoms with Gasteiger partial charge in [0.1, 0.15) is 0 Å². The first kappa shape index (κ1) is 24.6. The molecule has 2 aliphatic rings. The van der Waals surface area contributed by atoms with Gasteiger partial charge >= 0.3 is 0 Å². The topological polar surface area (TPSA) is 82.9 Å². The number of carbonyl (C=O) groups is 2. The average molecular weight is 487 g/mol. The Labute approximate surface area is 202 Å². The van der Waals surface area contributed by atoms with Gasteiger partial charge in [-0.3, -0.25) is 14.5 Å². The van der Waals surface area contributed by atoms with Crippen LogP contribution in [0.15, 0.2) is 29.2 Å². The molecular weight excluding hydrogens is 452 g/mol. The number of piperazine rings is 1. The van der Waals surface area contributed by atoms with E-state index in [-0.39, 0.29) is 16.6 Å². The summed E-state index contributed by atoms with van der Waals surface area (Å²) in [6, 6.07) is 7.38. The normalized spacial score (nSPS) is 17.4. The Morgan fingerprint density at radius 2 is 1.65 bits per heavy atom. The maximum Gasteiger partial charge on any atom is 0.253 e. The van der Waals surface area contributed by atoms with Crippen LogP contribution in [0.4, 0.5) is 0 Å². The molecule has 8 nitrogen and oxygen atoms in total. The van der Waals surface area contributed by atoms with Gasteiger partial charge in [0.15, 0.2) is 5.78 Å². The van der Waals surface area contributed by atoms with Crippen LogP contribution in [-0.4, -0.2) is 85.6 Å².